The molecule has 1 heterocycles. The summed E-state index contributed by atoms with van der Waals surface area (Å²) in [7, 11) is 1.36. The van der Waals surface area contributed by atoms with Gasteiger partial charge in [0.15, 0.2) is 5.75 Å². The number of alkyl halides is 3. The predicted octanol–water partition coefficient (Wildman–Crippen LogP) is 2.79. The molecule has 0 aliphatic heterocycles. The van der Waals surface area contributed by atoms with Crippen molar-refractivity contribution in [1.29, 1.82) is 5.26 Å². The molecule has 0 atom stereocenters. The molecule has 1 aromatic heterocycles. The van der Waals surface area contributed by atoms with E-state index < -0.39 is 6.43 Å². The molecule has 0 N–H and O–H groups in total. The van der Waals surface area contributed by atoms with Crippen molar-refractivity contribution in [3.8, 4) is 11.8 Å². The van der Waals surface area contributed by atoms with Crippen molar-refractivity contribution in [3.63, 3.8) is 0 Å². The van der Waals surface area contributed by atoms with Gasteiger partial charge in [-0.25, -0.2) is 8.78 Å². The Balaban J connectivity index is 3.43. The molecule has 0 amide bonds. The summed E-state index contributed by atoms with van der Waals surface area (Å²) in [6.45, 7) is 0. The van der Waals surface area contributed by atoms with Gasteiger partial charge in [0, 0.05) is 10.9 Å². The summed E-state index contributed by atoms with van der Waals surface area (Å²) in [5, 5.41) is 8.98. The van der Waals surface area contributed by atoms with Gasteiger partial charge < -0.3 is 4.74 Å². The van der Waals surface area contributed by atoms with Crippen molar-refractivity contribution >= 4 is 15.9 Å². The first-order valence-electron chi connectivity index (χ1n) is 3.95. The molecule has 6 heteroatoms. The number of rotatable bonds is 3. The molecule has 15 heavy (non-hydrogen) atoms. The standard InChI is InChI=1S/C9H7BrF2N2O/c1-15-7-4-14-8(9(11)12)5(2-10)6(7)3-13/h4,9H,2H2,1H3. The number of halogens is 3. The van der Waals surface area contributed by atoms with Crippen molar-refractivity contribution in [1.82, 2.24) is 4.98 Å². The van der Waals surface area contributed by atoms with Gasteiger partial charge in [0.1, 0.15) is 17.3 Å². The minimum atomic E-state index is -2.70. The van der Waals surface area contributed by atoms with Gasteiger partial charge in [-0.3, -0.25) is 4.98 Å². The molecular weight excluding hydrogens is 270 g/mol. The second kappa shape index (κ2) is 5.03. The van der Waals surface area contributed by atoms with Crippen LogP contribution in [-0.4, -0.2) is 12.1 Å². The molecule has 0 aromatic carbocycles. The van der Waals surface area contributed by atoms with Gasteiger partial charge in [-0.2, -0.15) is 5.26 Å². The number of aromatic nitrogens is 1. The number of ether oxygens (including phenoxy) is 1. The van der Waals surface area contributed by atoms with Gasteiger partial charge in [0.05, 0.1) is 13.3 Å². The second-order valence-electron chi connectivity index (χ2n) is 2.61. The highest BCUT2D eigenvalue weighted by Crippen LogP contribution is 2.30. The second-order valence-corrected chi connectivity index (χ2v) is 3.17. The summed E-state index contributed by atoms with van der Waals surface area (Å²) in [5.74, 6) is 0.205. The van der Waals surface area contributed by atoms with E-state index in [0.29, 0.717) is 0 Å². The molecule has 1 aromatic rings. The lowest BCUT2D eigenvalue weighted by Crippen LogP contribution is -2.02. The normalized spacial score (nSPS) is 10.1. The van der Waals surface area contributed by atoms with Crippen LogP contribution in [0.1, 0.15) is 23.2 Å². The molecule has 0 fully saturated rings. The summed E-state index contributed by atoms with van der Waals surface area (Å²) < 4.78 is 29.9. The Morgan fingerprint density at radius 2 is 2.33 bits per heavy atom. The average Bonchev–Trinajstić information content (AvgIpc) is 2.26. The molecule has 0 aliphatic rings. The maximum Gasteiger partial charge on any atom is 0.280 e. The summed E-state index contributed by atoms with van der Waals surface area (Å²) in [6.07, 6.45) is -1.57. The Morgan fingerprint density at radius 3 is 2.73 bits per heavy atom. The monoisotopic (exact) mass is 276 g/mol. The van der Waals surface area contributed by atoms with Crippen LogP contribution in [0.25, 0.3) is 0 Å². The molecule has 0 spiro atoms. The molecule has 0 saturated heterocycles. The van der Waals surface area contributed by atoms with Crippen LogP contribution < -0.4 is 4.74 Å². The lowest BCUT2D eigenvalue weighted by atomic mass is 10.1. The highest BCUT2D eigenvalue weighted by Gasteiger charge is 2.20. The Labute approximate surface area is 93.8 Å². The van der Waals surface area contributed by atoms with Crippen molar-refractivity contribution in [2.75, 3.05) is 7.11 Å². The smallest absolute Gasteiger partial charge is 0.280 e. The summed E-state index contributed by atoms with van der Waals surface area (Å²) in [4.78, 5) is 3.57. The van der Waals surface area contributed by atoms with E-state index in [4.69, 9.17) is 10.00 Å². The van der Waals surface area contributed by atoms with Gasteiger partial charge in [0.2, 0.25) is 0 Å². The topological polar surface area (TPSA) is 45.9 Å². The van der Waals surface area contributed by atoms with Crippen LogP contribution in [0.15, 0.2) is 6.20 Å². The van der Waals surface area contributed by atoms with Gasteiger partial charge in [-0.15, -0.1) is 0 Å². The van der Waals surface area contributed by atoms with Gasteiger partial charge >= 0.3 is 0 Å². The Hall–Kier alpha value is -1.22. The molecule has 1 rings (SSSR count). The molecule has 0 unspecified atom stereocenters. The Kier molecular flexibility index (Phi) is 3.97. The predicted molar refractivity (Wildman–Crippen MR) is 53.1 cm³/mol. The first kappa shape index (κ1) is 11.9. The van der Waals surface area contributed by atoms with Gasteiger partial charge in [0.25, 0.3) is 6.43 Å². The van der Waals surface area contributed by atoms with Gasteiger partial charge in [-0.1, -0.05) is 15.9 Å². The maximum absolute atomic E-state index is 12.5. The van der Waals surface area contributed by atoms with E-state index in [2.05, 4.69) is 20.9 Å². The highest BCUT2D eigenvalue weighted by molar-refractivity contribution is 9.08. The maximum atomic E-state index is 12.5. The minimum Gasteiger partial charge on any atom is -0.494 e. The van der Waals surface area contributed by atoms with E-state index in [-0.39, 0.29) is 27.9 Å². The number of nitriles is 1. The van der Waals surface area contributed by atoms with Crippen LogP contribution in [0.4, 0.5) is 8.78 Å². The molecular formula is C9H7BrF2N2O. The summed E-state index contributed by atoms with van der Waals surface area (Å²) >= 11 is 3.05. The SMILES string of the molecule is COc1cnc(C(F)F)c(CBr)c1C#N. The minimum absolute atomic E-state index is 0.0969. The van der Waals surface area contributed by atoms with Crippen LogP contribution in [0.2, 0.25) is 0 Å². The van der Waals surface area contributed by atoms with E-state index in [1.54, 1.807) is 0 Å². The number of hydrogen-bond donors (Lipinski definition) is 0. The van der Waals surface area contributed by atoms with Crippen LogP contribution in [0, 0.1) is 11.3 Å². The molecule has 0 aliphatic carbocycles. The van der Waals surface area contributed by atoms with Crippen molar-refractivity contribution < 1.29 is 13.5 Å². The third-order valence-electron chi connectivity index (χ3n) is 1.85. The first-order valence-corrected chi connectivity index (χ1v) is 5.07. The quantitative estimate of drug-likeness (QED) is 0.798. The van der Waals surface area contributed by atoms with E-state index in [1.807, 2.05) is 6.07 Å². The number of methoxy groups -OCH3 is 1. The van der Waals surface area contributed by atoms with E-state index >= 15 is 0 Å². The van der Waals surface area contributed by atoms with Crippen molar-refractivity contribution in [2.45, 2.75) is 11.8 Å². The summed E-state index contributed by atoms with van der Waals surface area (Å²) in [5.41, 5.74) is -0.115. The Bertz CT molecular complexity index is 404. The molecule has 3 nitrogen and oxygen atoms in total. The fraction of sp³-hybridized carbons (Fsp3) is 0.333. The van der Waals surface area contributed by atoms with Crippen molar-refractivity contribution in [2.24, 2.45) is 0 Å². The lowest BCUT2D eigenvalue weighted by Gasteiger charge is -2.10. The fourth-order valence-corrected chi connectivity index (χ4v) is 1.72. The van der Waals surface area contributed by atoms with Crippen LogP contribution >= 0.6 is 15.9 Å². The molecule has 0 bridgehead atoms. The third kappa shape index (κ3) is 2.23. The Morgan fingerprint density at radius 1 is 1.67 bits per heavy atom. The van der Waals surface area contributed by atoms with Gasteiger partial charge in [-0.05, 0) is 0 Å². The zero-order chi connectivity index (χ0) is 11.4. The summed E-state index contributed by atoms with van der Waals surface area (Å²) in [6, 6.07) is 1.83. The largest absolute Gasteiger partial charge is 0.494 e. The fourth-order valence-electron chi connectivity index (χ4n) is 1.15. The van der Waals surface area contributed by atoms with Crippen LogP contribution in [0.5, 0.6) is 5.75 Å². The molecule has 0 saturated carbocycles. The highest BCUT2D eigenvalue weighted by atomic mass is 79.9. The molecule has 80 valence electrons. The number of pyridine rings is 1. The third-order valence-corrected chi connectivity index (χ3v) is 2.41. The zero-order valence-corrected chi connectivity index (χ0v) is 9.38. The first-order chi connectivity index (χ1) is 7.15. The zero-order valence-electron chi connectivity index (χ0n) is 7.80. The van der Waals surface area contributed by atoms with E-state index in [0.717, 1.165) is 6.20 Å². The molecule has 0 radical (unpaired) electrons. The number of nitrogens with zero attached hydrogens (tertiary/aromatic N) is 2. The van der Waals surface area contributed by atoms with E-state index in [1.165, 1.54) is 7.11 Å². The number of hydrogen-bond acceptors (Lipinski definition) is 3. The van der Waals surface area contributed by atoms with Crippen LogP contribution in [0.3, 0.4) is 0 Å². The van der Waals surface area contributed by atoms with Crippen LogP contribution in [-0.2, 0) is 5.33 Å². The lowest BCUT2D eigenvalue weighted by molar-refractivity contribution is 0.145. The average molecular weight is 277 g/mol. The van der Waals surface area contributed by atoms with E-state index in [9.17, 15) is 8.78 Å². The van der Waals surface area contributed by atoms with Crippen molar-refractivity contribution in [3.05, 3.63) is 23.0 Å².